The number of hydrogen-bond acceptors (Lipinski definition) is 4. The molecule has 0 heterocycles. The Morgan fingerprint density at radius 3 is 1.96 bits per heavy atom. The highest BCUT2D eigenvalue weighted by molar-refractivity contribution is 7.89. The van der Waals surface area contributed by atoms with Crippen molar-refractivity contribution in [3.05, 3.63) is 54.1 Å². The van der Waals surface area contributed by atoms with Crippen molar-refractivity contribution in [1.29, 1.82) is 0 Å². The normalized spacial score (nSPS) is 11.4. The highest BCUT2D eigenvalue weighted by Gasteiger charge is 2.16. The van der Waals surface area contributed by atoms with Crippen molar-refractivity contribution in [2.24, 2.45) is 0 Å². The molecule has 25 heavy (non-hydrogen) atoms. The van der Waals surface area contributed by atoms with Gasteiger partial charge in [-0.05, 0) is 42.0 Å². The lowest BCUT2D eigenvalue weighted by atomic mass is 10.1. The standard InChI is InChI=1S/C18H23N3O3S/c1-20(2)16-9-7-15(8-10-16)19-18(22)13-14-5-11-17(12-6-14)25(23,24)21(3)4/h5-12H,13H2,1-4H3,(H,19,22). The van der Waals surface area contributed by atoms with E-state index < -0.39 is 10.0 Å². The molecule has 0 aromatic heterocycles. The summed E-state index contributed by atoms with van der Waals surface area (Å²) in [4.78, 5) is 14.3. The lowest BCUT2D eigenvalue weighted by molar-refractivity contribution is -0.115. The van der Waals surface area contributed by atoms with Gasteiger partial charge in [0.25, 0.3) is 0 Å². The molecule has 0 spiro atoms. The van der Waals surface area contributed by atoms with Crippen LogP contribution in [0, 0.1) is 0 Å². The van der Waals surface area contributed by atoms with Crippen LogP contribution in [0.2, 0.25) is 0 Å². The molecule has 134 valence electrons. The lowest BCUT2D eigenvalue weighted by Crippen LogP contribution is -2.22. The van der Waals surface area contributed by atoms with Crippen molar-refractivity contribution in [3.8, 4) is 0 Å². The van der Waals surface area contributed by atoms with Crippen LogP contribution in [0.3, 0.4) is 0 Å². The van der Waals surface area contributed by atoms with Crippen LogP contribution in [0.25, 0.3) is 0 Å². The summed E-state index contributed by atoms with van der Waals surface area (Å²) in [6.45, 7) is 0. The van der Waals surface area contributed by atoms with Crippen LogP contribution in [0.4, 0.5) is 11.4 Å². The van der Waals surface area contributed by atoms with E-state index in [9.17, 15) is 13.2 Å². The van der Waals surface area contributed by atoms with Crippen LogP contribution in [0.5, 0.6) is 0 Å². The second-order valence-corrected chi connectivity index (χ2v) is 8.25. The summed E-state index contributed by atoms with van der Waals surface area (Å²) in [7, 11) is 3.42. The Balaban J connectivity index is 2.01. The van der Waals surface area contributed by atoms with E-state index in [0.717, 1.165) is 21.2 Å². The molecule has 0 saturated heterocycles. The molecule has 0 unspecified atom stereocenters. The van der Waals surface area contributed by atoms with Gasteiger partial charge in [0.15, 0.2) is 0 Å². The molecule has 0 bridgehead atoms. The van der Waals surface area contributed by atoms with E-state index in [1.165, 1.54) is 26.2 Å². The SMILES string of the molecule is CN(C)c1ccc(NC(=O)Cc2ccc(S(=O)(=O)N(C)C)cc2)cc1. The summed E-state index contributed by atoms with van der Waals surface area (Å²) in [6.07, 6.45) is 0.178. The fourth-order valence-corrected chi connectivity index (χ4v) is 3.13. The number of amides is 1. The summed E-state index contributed by atoms with van der Waals surface area (Å²) < 4.78 is 25.2. The molecule has 0 radical (unpaired) electrons. The molecule has 2 aromatic carbocycles. The van der Waals surface area contributed by atoms with Crippen LogP contribution >= 0.6 is 0 Å². The minimum absolute atomic E-state index is 0.152. The summed E-state index contributed by atoms with van der Waals surface area (Å²) in [5.41, 5.74) is 2.53. The van der Waals surface area contributed by atoms with Crippen molar-refractivity contribution in [2.75, 3.05) is 38.4 Å². The molecule has 2 rings (SSSR count). The van der Waals surface area contributed by atoms with Gasteiger partial charge in [-0.2, -0.15) is 0 Å². The first-order chi connectivity index (χ1) is 11.7. The summed E-state index contributed by atoms with van der Waals surface area (Å²) >= 11 is 0. The highest BCUT2D eigenvalue weighted by Crippen LogP contribution is 2.17. The number of carbonyl (C=O) groups is 1. The molecule has 7 heteroatoms. The fraction of sp³-hybridized carbons (Fsp3) is 0.278. The first kappa shape index (κ1) is 19.0. The molecular weight excluding hydrogens is 338 g/mol. The van der Waals surface area contributed by atoms with Crippen molar-refractivity contribution in [1.82, 2.24) is 4.31 Å². The maximum atomic E-state index is 12.1. The Bertz CT molecular complexity index is 827. The minimum Gasteiger partial charge on any atom is -0.378 e. The van der Waals surface area contributed by atoms with E-state index in [0.29, 0.717) is 0 Å². The maximum Gasteiger partial charge on any atom is 0.242 e. The Morgan fingerprint density at radius 2 is 1.48 bits per heavy atom. The van der Waals surface area contributed by atoms with Gasteiger partial charge >= 0.3 is 0 Å². The second kappa shape index (κ2) is 7.67. The predicted molar refractivity (Wildman–Crippen MR) is 100 cm³/mol. The lowest BCUT2D eigenvalue weighted by Gasteiger charge is -2.13. The molecule has 1 N–H and O–H groups in total. The minimum atomic E-state index is -3.45. The zero-order valence-electron chi connectivity index (χ0n) is 14.9. The molecule has 1 amide bonds. The van der Waals surface area contributed by atoms with E-state index in [2.05, 4.69) is 5.32 Å². The van der Waals surface area contributed by atoms with E-state index in [4.69, 9.17) is 0 Å². The van der Waals surface area contributed by atoms with Crippen LogP contribution < -0.4 is 10.2 Å². The molecular formula is C18H23N3O3S. The zero-order valence-corrected chi connectivity index (χ0v) is 15.7. The van der Waals surface area contributed by atoms with Gasteiger partial charge in [-0.25, -0.2) is 12.7 Å². The van der Waals surface area contributed by atoms with E-state index in [1.54, 1.807) is 12.1 Å². The molecule has 2 aromatic rings. The first-order valence-corrected chi connectivity index (χ1v) is 9.23. The average molecular weight is 361 g/mol. The Labute approximate surface area is 149 Å². The van der Waals surface area contributed by atoms with E-state index in [1.807, 2.05) is 43.3 Å². The first-order valence-electron chi connectivity index (χ1n) is 7.79. The Hall–Kier alpha value is -2.38. The number of carbonyl (C=O) groups excluding carboxylic acids is 1. The largest absolute Gasteiger partial charge is 0.378 e. The van der Waals surface area contributed by atoms with Gasteiger partial charge in [0.2, 0.25) is 15.9 Å². The second-order valence-electron chi connectivity index (χ2n) is 6.10. The number of benzene rings is 2. The molecule has 6 nitrogen and oxygen atoms in total. The molecule has 0 atom stereocenters. The van der Waals surface area contributed by atoms with Gasteiger partial charge in [0, 0.05) is 39.6 Å². The quantitative estimate of drug-likeness (QED) is 0.856. The smallest absolute Gasteiger partial charge is 0.242 e. The number of hydrogen-bond donors (Lipinski definition) is 1. The maximum absolute atomic E-state index is 12.1. The van der Waals surface area contributed by atoms with Gasteiger partial charge in [-0.1, -0.05) is 12.1 Å². The predicted octanol–water partition coefficient (Wildman–Crippen LogP) is 2.18. The van der Waals surface area contributed by atoms with Crippen LogP contribution in [0.15, 0.2) is 53.4 Å². The fourth-order valence-electron chi connectivity index (χ4n) is 2.22. The van der Waals surface area contributed by atoms with Gasteiger partial charge in [-0.15, -0.1) is 0 Å². The molecule has 0 saturated carbocycles. The number of nitrogens with one attached hydrogen (secondary N) is 1. The average Bonchev–Trinajstić information content (AvgIpc) is 2.55. The molecule has 0 aliphatic heterocycles. The Kier molecular flexibility index (Phi) is 5.81. The van der Waals surface area contributed by atoms with Crippen LogP contribution in [0.1, 0.15) is 5.56 Å². The van der Waals surface area contributed by atoms with Crippen LogP contribution in [-0.2, 0) is 21.2 Å². The third-order valence-electron chi connectivity index (χ3n) is 3.73. The third-order valence-corrected chi connectivity index (χ3v) is 5.56. The van der Waals surface area contributed by atoms with Crippen molar-refractivity contribution < 1.29 is 13.2 Å². The number of sulfonamides is 1. The number of rotatable bonds is 6. The van der Waals surface area contributed by atoms with Crippen LogP contribution in [-0.4, -0.2) is 46.8 Å². The van der Waals surface area contributed by atoms with Crippen molar-refractivity contribution >= 4 is 27.3 Å². The molecule has 0 aliphatic rings. The Morgan fingerprint density at radius 1 is 0.920 bits per heavy atom. The monoisotopic (exact) mass is 361 g/mol. The zero-order chi connectivity index (χ0) is 18.6. The van der Waals surface area contributed by atoms with E-state index in [-0.39, 0.29) is 17.2 Å². The summed E-state index contributed by atoms with van der Waals surface area (Å²) in [5, 5.41) is 2.84. The van der Waals surface area contributed by atoms with Gasteiger partial charge < -0.3 is 10.2 Å². The molecule has 0 fully saturated rings. The number of nitrogens with zero attached hydrogens (tertiary/aromatic N) is 2. The molecule has 0 aliphatic carbocycles. The van der Waals surface area contributed by atoms with Gasteiger partial charge in [0.1, 0.15) is 0 Å². The third kappa shape index (κ3) is 4.80. The topological polar surface area (TPSA) is 69.7 Å². The van der Waals surface area contributed by atoms with Crippen molar-refractivity contribution in [2.45, 2.75) is 11.3 Å². The van der Waals surface area contributed by atoms with Gasteiger partial charge in [-0.3, -0.25) is 4.79 Å². The summed E-state index contributed by atoms with van der Waals surface area (Å²) in [6, 6.07) is 13.9. The van der Waals surface area contributed by atoms with Crippen molar-refractivity contribution in [3.63, 3.8) is 0 Å². The number of anilines is 2. The summed E-state index contributed by atoms with van der Waals surface area (Å²) in [5.74, 6) is -0.152. The van der Waals surface area contributed by atoms with Gasteiger partial charge in [0.05, 0.1) is 11.3 Å². The van der Waals surface area contributed by atoms with E-state index >= 15 is 0 Å². The highest BCUT2D eigenvalue weighted by atomic mass is 32.2.